The van der Waals surface area contributed by atoms with Gasteiger partial charge in [0, 0.05) is 12.1 Å². The Bertz CT molecular complexity index is 386. The van der Waals surface area contributed by atoms with E-state index < -0.39 is 0 Å². The zero-order valence-electron chi connectivity index (χ0n) is 10.0. The summed E-state index contributed by atoms with van der Waals surface area (Å²) in [6.45, 7) is 0.584. The molecule has 92 valence electrons. The van der Waals surface area contributed by atoms with E-state index in [4.69, 9.17) is 10.5 Å². The van der Waals surface area contributed by atoms with Crippen LogP contribution in [0, 0.1) is 5.92 Å². The Morgan fingerprint density at radius 3 is 2.94 bits per heavy atom. The highest BCUT2D eigenvalue weighted by molar-refractivity contribution is 5.69. The second kappa shape index (κ2) is 5.71. The van der Waals surface area contributed by atoms with Crippen LogP contribution in [0.5, 0.6) is 0 Å². The second-order valence-corrected chi connectivity index (χ2v) is 4.70. The highest BCUT2D eigenvalue weighted by Crippen LogP contribution is 2.32. The first kappa shape index (κ1) is 12.0. The lowest BCUT2D eigenvalue weighted by molar-refractivity contribution is -0.143. The molecule has 1 fully saturated rings. The molecule has 0 unspecified atom stereocenters. The van der Waals surface area contributed by atoms with Crippen molar-refractivity contribution in [3.05, 3.63) is 29.8 Å². The van der Waals surface area contributed by atoms with Crippen LogP contribution < -0.4 is 5.73 Å². The molecule has 0 heterocycles. The topological polar surface area (TPSA) is 52.3 Å². The van der Waals surface area contributed by atoms with Gasteiger partial charge in [-0.3, -0.25) is 4.79 Å². The molecule has 1 aromatic carbocycles. The van der Waals surface area contributed by atoms with Crippen molar-refractivity contribution in [1.82, 2.24) is 0 Å². The number of esters is 1. The number of nitrogen functional groups attached to an aromatic ring is 1. The fraction of sp³-hybridized carbons (Fsp3) is 0.500. The number of carbonyl (C=O) groups excluding carboxylic acids is 1. The number of anilines is 1. The molecule has 0 radical (unpaired) electrons. The number of aryl methyl sites for hydroxylation is 1. The smallest absolute Gasteiger partial charge is 0.306 e. The Hall–Kier alpha value is -1.51. The summed E-state index contributed by atoms with van der Waals surface area (Å²) < 4.78 is 5.17. The number of carbonyl (C=O) groups is 1. The monoisotopic (exact) mass is 233 g/mol. The summed E-state index contributed by atoms with van der Waals surface area (Å²) in [4.78, 5) is 11.4. The number of rotatable bonds is 6. The van der Waals surface area contributed by atoms with Gasteiger partial charge in [-0.2, -0.15) is 0 Å². The molecule has 0 bridgehead atoms. The summed E-state index contributed by atoms with van der Waals surface area (Å²) in [7, 11) is 0. The molecule has 0 aliphatic heterocycles. The van der Waals surface area contributed by atoms with Gasteiger partial charge in [-0.25, -0.2) is 0 Å². The summed E-state index contributed by atoms with van der Waals surface area (Å²) in [6.07, 6.45) is 4.78. The molecule has 0 aromatic heterocycles. The van der Waals surface area contributed by atoms with Gasteiger partial charge in [0.05, 0.1) is 6.61 Å². The van der Waals surface area contributed by atoms with Crippen molar-refractivity contribution in [1.29, 1.82) is 0 Å². The minimum absolute atomic E-state index is 0.104. The van der Waals surface area contributed by atoms with E-state index in [1.54, 1.807) is 0 Å². The summed E-state index contributed by atoms with van der Waals surface area (Å²) in [5.74, 6) is 0.713. The zero-order valence-corrected chi connectivity index (χ0v) is 10.0. The lowest BCUT2D eigenvalue weighted by atomic mass is 10.1. The van der Waals surface area contributed by atoms with Gasteiger partial charge in [0.25, 0.3) is 0 Å². The molecule has 1 saturated carbocycles. The summed E-state index contributed by atoms with van der Waals surface area (Å²) in [5.41, 5.74) is 7.50. The van der Waals surface area contributed by atoms with E-state index in [1.165, 1.54) is 12.8 Å². The SMILES string of the molecule is Nc1cccc(CCC(=O)OCCC2CC2)c1. The third-order valence-corrected chi connectivity index (χ3v) is 3.05. The van der Waals surface area contributed by atoms with Crippen molar-refractivity contribution in [2.45, 2.75) is 32.1 Å². The van der Waals surface area contributed by atoms with Crippen LogP contribution in [0.25, 0.3) is 0 Å². The van der Waals surface area contributed by atoms with Crippen LogP contribution in [0.1, 0.15) is 31.2 Å². The molecule has 0 amide bonds. The number of hydrogen-bond donors (Lipinski definition) is 1. The minimum atomic E-state index is -0.104. The van der Waals surface area contributed by atoms with Crippen molar-refractivity contribution in [3.63, 3.8) is 0 Å². The average Bonchev–Trinajstić information content (AvgIpc) is 3.11. The molecule has 1 aliphatic carbocycles. The van der Waals surface area contributed by atoms with E-state index in [0.717, 1.165) is 23.6 Å². The van der Waals surface area contributed by atoms with E-state index in [2.05, 4.69) is 0 Å². The molecular formula is C14H19NO2. The normalized spacial score (nSPS) is 14.6. The van der Waals surface area contributed by atoms with Crippen molar-refractivity contribution >= 4 is 11.7 Å². The molecule has 0 saturated heterocycles. The maximum atomic E-state index is 11.4. The number of nitrogens with two attached hydrogens (primary N) is 1. The maximum absolute atomic E-state index is 11.4. The van der Waals surface area contributed by atoms with Crippen LogP contribution in [0.4, 0.5) is 5.69 Å². The molecular weight excluding hydrogens is 214 g/mol. The maximum Gasteiger partial charge on any atom is 0.306 e. The van der Waals surface area contributed by atoms with Gasteiger partial charge in [0.15, 0.2) is 0 Å². The molecule has 3 nitrogen and oxygen atoms in total. The van der Waals surface area contributed by atoms with Crippen LogP contribution in [0.2, 0.25) is 0 Å². The molecule has 1 aromatic rings. The quantitative estimate of drug-likeness (QED) is 0.607. The van der Waals surface area contributed by atoms with E-state index >= 15 is 0 Å². The standard InChI is InChI=1S/C14H19NO2/c15-13-3-1-2-12(10-13)6-7-14(16)17-9-8-11-4-5-11/h1-3,10-11H,4-9,15H2. The van der Waals surface area contributed by atoms with Gasteiger partial charge in [-0.05, 0) is 36.5 Å². The number of benzene rings is 1. The van der Waals surface area contributed by atoms with Gasteiger partial charge in [-0.15, -0.1) is 0 Å². The molecule has 17 heavy (non-hydrogen) atoms. The van der Waals surface area contributed by atoms with Crippen LogP contribution in [-0.4, -0.2) is 12.6 Å². The fourth-order valence-electron chi connectivity index (χ4n) is 1.81. The van der Waals surface area contributed by atoms with Crippen LogP contribution in [0.15, 0.2) is 24.3 Å². The predicted molar refractivity (Wildman–Crippen MR) is 67.5 cm³/mol. The Morgan fingerprint density at radius 1 is 1.41 bits per heavy atom. The minimum Gasteiger partial charge on any atom is -0.466 e. The second-order valence-electron chi connectivity index (χ2n) is 4.70. The molecule has 0 atom stereocenters. The van der Waals surface area contributed by atoms with E-state index in [1.807, 2.05) is 24.3 Å². The molecule has 2 N–H and O–H groups in total. The summed E-state index contributed by atoms with van der Waals surface area (Å²) in [6, 6.07) is 7.63. The molecule has 0 spiro atoms. The Kier molecular flexibility index (Phi) is 4.02. The largest absolute Gasteiger partial charge is 0.466 e. The lowest BCUT2D eigenvalue weighted by Crippen LogP contribution is -2.07. The van der Waals surface area contributed by atoms with Crippen LogP contribution in [0.3, 0.4) is 0 Å². The van der Waals surface area contributed by atoms with Gasteiger partial charge >= 0.3 is 5.97 Å². The first-order valence-corrected chi connectivity index (χ1v) is 6.24. The molecule has 3 heteroatoms. The highest BCUT2D eigenvalue weighted by Gasteiger charge is 2.21. The van der Waals surface area contributed by atoms with Crippen molar-refractivity contribution < 1.29 is 9.53 Å². The molecule has 1 aliphatic rings. The van der Waals surface area contributed by atoms with Gasteiger partial charge in [-0.1, -0.05) is 25.0 Å². The zero-order chi connectivity index (χ0) is 12.1. The lowest BCUT2D eigenvalue weighted by Gasteiger charge is -2.04. The van der Waals surface area contributed by atoms with E-state index in [0.29, 0.717) is 19.4 Å². The van der Waals surface area contributed by atoms with Gasteiger partial charge in [0.2, 0.25) is 0 Å². The van der Waals surface area contributed by atoms with E-state index in [9.17, 15) is 4.79 Å². The van der Waals surface area contributed by atoms with Crippen molar-refractivity contribution in [2.75, 3.05) is 12.3 Å². The van der Waals surface area contributed by atoms with Crippen molar-refractivity contribution in [3.8, 4) is 0 Å². The van der Waals surface area contributed by atoms with E-state index in [-0.39, 0.29) is 5.97 Å². The van der Waals surface area contributed by atoms with Gasteiger partial charge in [0.1, 0.15) is 0 Å². The highest BCUT2D eigenvalue weighted by atomic mass is 16.5. The Morgan fingerprint density at radius 2 is 2.24 bits per heavy atom. The number of hydrogen-bond acceptors (Lipinski definition) is 3. The third-order valence-electron chi connectivity index (χ3n) is 3.05. The number of ether oxygens (including phenoxy) is 1. The fourth-order valence-corrected chi connectivity index (χ4v) is 1.81. The van der Waals surface area contributed by atoms with Gasteiger partial charge < -0.3 is 10.5 Å². The van der Waals surface area contributed by atoms with Crippen LogP contribution in [-0.2, 0) is 16.0 Å². The molecule has 2 rings (SSSR count). The average molecular weight is 233 g/mol. The third kappa shape index (κ3) is 4.47. The summed E-state index contributed by atoms with van der Waals surface area (Å²) in [5, 5.41) is 0. The predicted octanol–water partition coefficient (Wildman–Crippen LogP) is 2.54. The van der Waals surface area contributed by atoms with Crippen LogP contribution >= 0.6 is 0 Å². The van der Waals surface area contributed by atoms with Crippen molar-refractivity contribution in [2.24, 2.45) is 5.92 Å². The first-order chi connectivity index (χ1) is 8.24. The Labute approximate surface area is 102 Å². The summed E-state index contributed by atoms with van der Waals surface area (Å²) >= 11 is 0. The Balaban J connectivity index is 1.64. The first-order valence-electron chi connectivity index (χ1n) is 6.24.